The molecular formula is CH3F3O. The van der Waals surface area contributed by atoms with Gasteiger partial charge in [-0.15, -0.1) is 0 Å². The molecule has 0 aromatic heterocycles. The average Bonchev–Trinajstić information content (AvgIpc) is 0.811. The molecule has 0 rings (SSSR count). The largest absolute Gasteiger partial charge is 0.412 e. The van der Waals surface area contributed by atoms with Crippen LogP contribution in [0.2, 0.25) is 0 Å². The van der Waals surface area contributed by atoms with E-state index in [1.807, 2.05) is 0 Å². The molecule has 0 aromatic rings. The van der Waals surface area contributed by atoms with Gasteiger partial charge in [-0.25, -0.2) is 0 Å². The molecule has 0 bridgehead atoms. The molecule has 0 spiro atoms. The maximum absolute atomic E-state index is 9.67. The van der Waals surface area contributed by atoms with Gasteiger partial charge in [0, 0.05) is 0 Å². The Morgan fingerprint density at radius 1 is 1.00 bits per heavy atom. The molecule has 0 atom stereocenters. The number of hydrogen-bond acceptors (Lipinski definition) is 0. The molecule has 4 heteroatoms. The third-order valence-electron chi connectivity index (χ3n) is 0. The lowest BCUT2D eigenvalue weighted by atomic mass is 11.6. The third-order valence-corrected chi connectivity index (χ3v) is 0. The Bertz CT molecular complexity index is 11.6. The molecule has 0 aliphatic heterocycles. The van der Waals surface area contributed by atoms with Gasteiger partial charge in [0.05, 0.1) is 0 Å². The first-order chi connectivity index (χ1) is 1.73. The van der Waals surface area contributed by atoms with E-state index >= 15 is 0 Å². The van der Waals surface area contributed by atoms with Crippen molar-refractivity contribution in [1.82, 2.24) is 0 Å². The molecule has 0 aliphatic carbocycles. The van der Waals surface area contributed by atoms with Crippen LogP contribution in [0.3, 0.4) is 0 Å². The standard InChI is InChI=1S/CHF3.H2O/c2-1(3)4;/h1H;1H2. The molecule has 34 valence electrons. The Hall–Kier alpha value is -0.250. The number of hydrogen-bond donors (Lipinski definition) is 0. The molecule has 0 unspecified atom stereocenters. The van der Waals surface area contributed by atoms with E-state index in [0.29, 0.717) is 0 Å². The number of halogens is 3. The molecule has 0 radical (unpaired) electrons. The maximum atomic E-state index is 9.67. The fraction of sp³-hybridized carbons (Fsp3) is 1.00. The minimum atomic E-state index is -3.67. The molecule has 0 saturated carbocycles. The van der Waals surface area contributed by atoms with Crippen LogP contribution in [-0.4, -0.2) is 12.2 Å². The molecule has 2 N–H and O–H groups in total. The van der Waals surface area contributed by atoms with Gasteiger partial charge in [0.1, 0.15) is 0 Å². The van der Waals surface area contributed by atoms with Gasteiger partial charge in [-0.1, -0.05) is 0 Å². The lowest BCUT2D eigenvalue weighted by Crippen LogP contribution is -1.65. The fourth-order valence-corrected chi connectivity index (χ4v) is 0. The Labute approximate surface area is 26.7 Å². The summed E-state index contributed by atoms with van der Waals surface area (Å²) in [6.07, 6.45) is 0. The van der Waals surface area contributed by atoms with Crippen LogP contribution in [-0.2, 0) is 0 Å². The summed E-state index contributed by atoms with van der Waals surface area (Å²) in [4.78, 5) is 0. The summed E-state index contributed by atoms with van der Waals surface area (Å²) in [6.45, 7) is -3.67. The third kappa shape index (κ3) is 184. The van der Waals surface area contributed by atoms with Crippen LogP contribution >= 0.6 is 0 Å². The monoisotopic (exact) mass is 88.0 g/mol. The van der Waals surface area contributed by atoms with Crippen molar-refractivity contribution >= 4 is 0 Å². The van der Waals surface area contributed by atoms with E-state index in [2.05, 4.69) is 0 Å². The van der Waals surface area contributed by atoms with Crippen molar-refractivity contribution in [1.29, 1.82) is 0 Å². The summed E-state index contributed by atoms with van der Waals surface area (Å²) in [7, 11) is 0. The van der Waals surface area contributed by atoms with Crippen LogP contribution in [0.1, 0.15) is 0 Å². The highest BCUT2D eigenvalue weighted by Gasteiger charge is 1.86. The van der Waals surface area contributed by atoms with E-state index in [1.54, 1.807) is 0 Å². The van der Waals surface area contributed by atoms with Gasteiger partial charge in [-0.2, -0.15) is 13.2 Å². The van der Waals surface area contributed by atoms with E-state index in [9.17, 15) is 13.2 Å². The second-order valence-electron chi connectivity index (χ2n) is 0.247. The topological polar surface area (TPSA) is 31.5 Å². The maximum Gasteiger partial charge on any atom is 0.379 e. The van der Waals surface area contributed by atoms with Crippen molar-refractivity contribution in [3.63, 3.8) is 0 Å². The van der Waals surface area contributed by atoms with Gasteiger partial charge in [-0.3, -0.25) is 0 Å². The smallest absolute Gasteiger partial charge is 0.379 e. The van der Waals surface area contributed by atoms with Crippen LogP contribution < -0.4 is 0 Å². The zero-order chi connectivity index (χ0) is 3.58. The molecule has 0 aromatic carbocycles. The summed E-state index contributed by atoms with van der Waals surface area (Å²) >= 11 is 0. The molecular weight excluding hydrogens is 85.0 g/mol. The van der Waals surface area contributed by atoms with Gasteiger partial charge in [0.15, 0.2) is 0 Å². The van der Waals surface area contributed by atoms with Crippen LogP contribution in [0.25, 0.3) is 0 Å². The lowest BCUT2D eigenvalue weighted by Gasteiger charge is -1.65. The molecule has 0 aliphatic rings. The highest BCUT2D eigenvalue weighted by molar-refractivity contribution is 3.83. The zero-order valence-electron chi connectivity index (χ0n) is 2.21. The summed E-state index contributed by atoms with van der Waals surface area (Å²) in [6, 6.07) is 0. The van der Waals surface area contributed by atoms with E-state index in [-0.39, 0.29) is 5.48 Å². The van der Waals surface area contributed by atoms with Gasteiger partial charge >= 0.3 is 6.68 Å². The van der Waals surface area contributed by atoms with Gasteiger partial charge in [-0.05, 0) is 0 Å². The Morgan fingerprint density at radius 2 is 1.00 bits per heavy atom. The van der Waals surface area contributed by atoms with Crippen LogP contribution in [0.4, 0.5) is 13.2 Å². The molecule has 0 heterocycles. The van der Waals surface area contributed by atoms with E-state index in [1.165, 1.54) is 0 Å². The second-order valence-corrected chi connectivity index (χ2v) is 0.247. The quantitative estimate of drug-likeness (QED) is 0.409. The van der Waals surface area contributed by atoms with Crippen LogP contribution in [0.15, 0.2) is 0 Å². The molecule has 1 nitrogen and oxygen atoms in total. The van der Waals surface area contributed by atoms with Gasteiger partial charge in [0.2, 0.25) is 0 Å². The van der Waals surface area contributed by atoms with Gasteiger partial charge < -0.3 is 5.48 Å². The highest BCUT2D eigenvalue weighted by Crippen LogP contribution is 1.87. The SMILES string of the molecule is FC(F)F.O. The lowest BCUT2D eigenvalue weighted by molar-refractivity contribution is 0.00819. The highest BCUT2D eigenvalue weighted by atomic mass is 19.4. The minimum absolute atomic E-state index is 0. The fourth-order valence-electron chi connectivity index (χ4n) is 0. The molecule has 0 amide bonds. The summed E-state index contributed by atoms with van der Waals surface area (Å²) < 4.78 is 29.0. The predicted octanol–water partition coefficient (Wildman–Crippen LogP) is 0.354. The van der Waals surface area contributed by atoms with Gasteiger partial charge in [0.25, 0.3) is 0 Å². The molecule has 0 fully saturated rings. The first-order valence-corrected chi connectivity index (χ1v) is 0.655. The van der Waals surface area contributed by atoms with Crippen molar-refractivity contribution in [3.05, 3.63) is 0 Å². The van der Waals surface area contributed by atoms with Crippen molar-refractivity contribution in [2.45, 2.75) is 6.68 Å². The van der Waals surface area contributed by atoms with Crippen LogP contribution in [0.5, 0.6) is 0 Å². The van der Waals surface area contributed by atoms with Crippen LogP contribution in [0, 0.1) is 0 Å². The Balaban J connectivity index is 0. The summed E-state index contributed by atoms with van der Waals surface area (Å²) in [5.74, 6) is 0. The van der Waals surface area contributed by atoms with E-state index in [4.69, 9.17) is 0 Å². The normalized spacial score (nSPS) is 7.20. The van der Waals surface area contributed by atoms with Crippen molar-refractivity contribution in [3.8, 4) is 0 Å². The second kappa shape index (κ2) is 3.75. The number of rotatable bonds is 0. The first kappa shape index (κ1) is 8.83. The summed E-state index contributed by atoms with van der Waals surface area (Å²) in [5, 5.41) is 0. The predicted molar refractivity (Wildman–Crippen MR) is 10.7 cm³/mol. The zero-order valence-corrected chi connectivity index (χ0v) is 2.21. The van der Waals surface area contributed by atoms with Crippen molar-refractivity contribution in [2.75, 3.05) is 0 Å². The molecule has 0 saturated heterocycles. The number of alkyl halides is 3. The minimum Gasteiger partial charge on any atom is -0.412 e. The Kier molecular flexibility index (Phi) is 6.62. The van der Waals surface area contributed by atoms with Crippen molar-refractivity contribution < 1.29 is 18.6 Å². The average molecular weight is 88.0 g/mol. The van der Waals surface area contributed by atoms with E-state index < -0.39 is 6.68 Å². The molecule has 5 heavy (non-hydrogen) atoms. The van der Waals surface area contributed by atoms with Crippen molar-refractivity contribution in [2.24, 2.45) is 0 Å². The summed E-state index contributed by atoms with van der Waals surface area (Å²) in [5.41, 5.74) is 0. The first-order valence-electron chi connectivity index (χ1n) is 0.655. The Morgan fingerprint density at radius 3 is 1.00 bits per heavy atom. The van der Waals surface area contributed by atoms with E-state index in [0.717, 1.165) is 0 Å².